The Balaban J connectivity index is 0.00000529. The molecule has 1 aliphatic rings. The van der Waals surface area contributed by atoms with Gasteiger partial charge in [0.2, 0.25) is 15.9 Å². The maximum atomic E-state index is 12.2. The molecule has 0 aliphatic carbocycles. The SMILES string of the molecule is COC(CN)CC(=O)N1CCN(S(=O)(=O)CCOC(C)C)CC1.Cl. The molecule has 8 nitrogen and oxygen atoms in total. The highest BCUT2D eigenvalue weighted by Gasteiger charge is 2.29. The molecule has 0 saturated carbocycles. The van der Waals surface area contributed by atoms with Gasteiger partial charge in [-0.25, -0.2) is 8.42 Å². The molecule has 0 aromatic heterocycles. The highest BCUT2D eigenvalue weighted by molar-refractivity contribution is 7.89. The Kier molecular flexibility index (Phi) is 11.0. The largest absolute Gasteiger partial charge is 0.380 e. The number of piperazine rings is 1. The van der Waals surface area contributed by atoms with Gasteiger partial charge in [0.1, 0.15) is 0 Å². The number of sulfonamides is 1. The van der Waals surface area contributed by atoms with Gasteiger partial charge in [-0.2, -0.15) is 4.31 Å². The minimum absolute atomic E-state index is 0. The summed E-state index contributed by atoms with van der Waals surface area (Å²) in [6.07, 6.45) is -0.0597. The zero-order valence-electron chi connectivity index (χ0n) is 14.6. The summed E-state index contributed by atoms with van der Waals surface area (Å²) in [6.45, 7) is 5.62. The van der Waals surface area contributed by atoms with Crippen LogP contribution in [0.1, 0.15) is 20.3 Å². The lowest BCUT2D eigenvalue weighted by atomic mass is 10.2. The second kappa shape index (κ2) is 11.2. The molecular weight excluding hydrogens is 358 g/mol. The third-order valence-electron chi connectivity index (χ3n) is 3.78. The predicted molar refractivity (Wildman–Crippen MR) is 94.7 cm³/mol. The Hall–Kier alpha value is -0.450. The van der Waals surface area contributed by atoms with E-state index >= 15 is 0 Å². The lowest BCUT2D eigenvalue weighted by Crippen LogP contribution is -2.52. The highest BCUT2D eigenvalue weighted by atomic mass is 35.5. The number of rotatable bonds is 9. The Morgan fingerprint density at radius 2 is 1.79 bits per heavy atom. The van der Waals surface area contributed by atoms with Crippen LogP contribution >= 0.6 is 12.4 Å². The van der Waals surface area contributed by atoms with Crippen LogP contribution in [0.3, 0.4) is 0 Å². The molecular formula is C14H30ClN3O5S. The molecule has 1 atom stereocenters. The quantitative estimate of drug-likeness (QED) is 0.581. The number of hydrogen-bond donors (Lipinski definition) is 1. The van der Waals surface area contributed by atoms with Gasteiger partial charge >= 0.3 is 0 Å². The van der Waals surface area contributed by atoms with Gasteiger partial charge in [0.25, 0.3) is 0 Å². The number of carbonyl (C=O) groups excluding carboxylic acids is 1. The van der Waals surface area contributed by atoms with Gasteiger partial charge < -0.3 is 20.1 Å². The highest BCUT2D eigenvalue weighted by Crippen LogP contribution is 2.11. The summed E-state index contributed by atoms with van der Waals surface area (Å²) < 4.78 is 36.3. The van der Waals surface area contributed by atoms with Crippen LogP contribution < -0.4 is 5.73 Å². The number of hydrogen-bond acceptors (Lipinski definition) is 6. The molecule has 1 fully saturated rings. The van der Waals surface area contributed by atoms with Crippen LogP contribution in [0.5, 0.6) is 0 Å². The zero-order chi connectivity index (χ0) is 17.5. The Bertz CT molecular complexity index is 463. The maximum Gasteiger partial charge on any atom is 0.225 e. The van der Waals surface area contributed by atoms with Gasteiger partial charge in [-0.1, -0.05) is 0 Å². The van der Waals surface area contributed by atoms with E-state index in [-0.39, 0.29) is 55.8 Å². The third kappa shape index (κ3) is 7.62. The van der Waals surface area contributed by atoms with E-state index in [2.05, 4.69) is 0 Å². The fourth-order valence-corrected chi connectivity index (χ4v) is 3.61. The Labute approximate surface area is 151 Å². The number of amides is 1. The summed E-state index contributed by atoms with van der Waals surface area (Å²) in [5, 5.41) is 0. The second-order valence-corrected chi connectivity index (χ2v) is 7.90. The molecule has 1 aliphatic heterocycles. The molecule has 2 N–H and O–H groups in total. The first-order valence-corrected chi connectivity index (χ1v) is 9.51. The van der Waals surface area contributed by atoms with Crippen molar-refractivity contribution in [3.8, 4) is 0 Å². The number of halogens is 1. The van der Waals surface area contributed by atoms with E-state index in [1.54, 1.807) is 4.90 Å². The number of ether oxygens (including phenoxy) is 2. The van der Waals surface area contributed by atoms with Gasteiger partial charge in [0.15, 0.2) is 0 Å². The minimum atomic E-state index is -3.33. The first kappa shape index (κ1) is 23.5. The summed E-state index contributed by atoms with van der Waals surface area (Å²) in [4.78, 5) is 13.8. The maximum absolute atomic E-state index is 12.2. The molecule has 24 heavy (non-hydrogen) atoms. The van der Waals surface area contributed by atoms with Crippen LogP contribution in [0.4, 0.5) is 0 Å². The molecule has 1 unspecified atom stereocenters. The number of methoxy groups -OCH3 is 1. The summed E-state index contributed by atoms with van der Waals surface area (Å²) in [7, 11) is -1.81. The van der Waals surface area contributed by atoms with Gasteiger partial charge in [-0.15, -0.1) is 12.4 Å². The van der Waals surface area contributed by atoms with Crippen LogP contribution in [-0.4, -0.2) is 87.9 Å². The van der Waals surface area contributed by atoms with Crippen molar-refractivity contribution in [2.75, 3.05) is 52.2 Å². The van der Waals surface area contributed by atoms with Gasteiger partial charge in [0, 0.05) is 39.8 Å². The van der Waals surface area contributed by atoms with Crippen LogP contribution in [0, 0.1) is 0 Å². The minimum Gasteiger partial charge on any atom is -0.380 e. The van der Waals surface area contributed by atoms with Crippen LogP contribution in [0.15, 0.2) is 0 Å². The van der Waals surface area contributed by atoms with Gasteiger partial charge in [-0.3, -0.25) is 4.79 Å². The molecule has 10 heteroatoms. The number of carbonyl (C=O) groups is 1. The average Bonchev–Trinajstić information content (AvgIpc) is 2.52. The van der Waals surface area contributed by atoms with E-state index in [1.807, 2.05) is 13.8 Å². The summed E-state index contributed by atoms with van der Waals surface area (Å²) in [5.41, 5.74) is 5.51. The van der Waals surface area contributed by atoms with Crippen molar-refractivity contribution in [1.29, 1.82) is 0 Å². The fourth-order valence-electron chi connectivity index (χ4n) is 2.32. The molecule has 1 amide bonds. The van der Waals surface area contributed by atoms with Crippen molar-refractivity contribution in [1.82, 2.24) is 9.21 Å². The topological polar surface area (TPSA) is 102 Å². The van der Waals surface area contributed by atoms with Crippen LogP contribution in [0.2, 0.25) is 0 Å². The molecule has 1 rings (SSSR count). The standard InChI is InChI=1S/C14H29N3O5S.ClH/c1-12(2)22-8-9-23(19,20)17-6-4-16(5-7-17)14(18)10-13(11-15)21-3;/h12-13H,4-11,15H2,1-3H3;1H. The summed E-state index contributed by atoms with van der Waals surface area (Å²) in [6, 6.07) is 0. The molecule has 1 heterocycles. The van der Waals surface area contributed by atoms with E-state index in [0.717, 1.165) is 0 Å². The lowest BCUT2D eigenvalue weighted by Gasteiger charge is -2.34. The normalized spacial score (nSPS) is 17.6. The molecule has 1 saturated heterocycles. The van der Waals surface area contributed by atoms with Crippen molar-refractivity contribution in [3.05, 3.63) is 0 Å². The second-order valence-electron chi connectivity index (χ2n) is 5.81. The Morgan fingerprint density at radius 3 is 2.25 bits per heavy atom. The van der Waals surface area contributed by atoms with E-state index in [1.165, 1.54) is 11.4 Å². The smallest absolute Gasteiger partial charge is 0.225 e. The summed E-state index contributed by atoms with van der Waals surface area (Å²) >= 11 is 0. The lowest BCUT2D eigenvalue weighted by molar-refractivity contribution is -0.134. The summed E-state index contributed by atoms with van der Waals surface area (Å²) in [5.74, 6) is -0.0830. The first-order valence-electron chi connectivity index (χ1n) is 7.90. The predicted octanol–water partition coefficient (Wildman–Crippen LogP) is -0.329. The van der Waals surface area contributed by atoms with Crippen molar-refractivity contribution < 1.29 is 22.7 Å². The monoisotopic (exact) mass is 387 g/mol. The van der Waals surface area contributed by atoms with Gasteiger partial charge in [0.05, 0.1) is 31.0 Å². The zero-order valence-corrected chi connectivity index (χ0v) is 16.3. The van der Waals surface area contributed by atoms with E-state index < -0.39 is 10.0 Å². The van der Waals surface area contributed by atoms with E-state index in [4.69, 9.17) is 15.2 Å². The molecule has 0 radical (unpaired) electrons. The molecule has 144 valence electrons. The fraction of sp³-hybridized carbons (Fsp3) is 0.929. The van der Waals surface area contributed by atoms with E-state index in [0.29, 0.717) is 26.2 Å². The van der Waals surface area contributed by atoms with Crippen molar-refractivity contribution in [2.45, 2.75) is 32.5 Å². The molecule has 0 aromatic carbocycles. The molecule has 0 spiro atoms. The van der Waals surface area contributed by atoms with Gasteiger partial charge in [-0.05, 0) is 13.8 Å². The number of nitrogens with zero attached hydrogens (tertiary/aromatic N) is 2. The van der Waals surface area contributed by atoms with Crippen LogP contribution in [0.25, 0.3) is 0 Å². The van der Waals surface area contributed by atoms with Crippen molar-refractivity contribution >= 4 is 28.3 Å². The molecule has 0 bridgehead atoms. The van der Waals surface area contributed by atoms with Crippen molar-refractivity contribution in [3.63, 3.8) is 0 Å². The third-order valence-corrected chi connectivity index (χ3v) is 5.61. The Morgan fingerprint density at radius 1 is 1.21 bits per heavy atom. The first-order chi connectivity index (χ1) is 10.8. The number of nitrogens with two attached hydrogens (primary N) is 1. The molecule has 0 aromatic rings. The average molecular weight is 388 g/mol. The van der Waals surface area contributed by atoms with Crippen molar-refractivity contribution in [2.24, 2.45) is 5.73 Å². The van der Waals surface area contributed by atoms with Crippen LogP contribution in [-0.2, 0) is 24.3 Å². The van der Waals surface area contributed by atoms with E-state index in [9.17, 15) is 13.2 Å².